The number of nitrogens with zero attached hydrogens (tertiary/aromatic N) is 1. The first-order chi connectivity index (χ1) is 7.38. The molecule has 92 valence electrons. The largest absolute Gasteiger partial charge is 0.425 e. The normalized spacial score (nSPS) is 10.4. The van der Waals surface area contributed by atoms with Crippen molar-refractivity contribution in [2.24, 2.45) is 0 Å². The van der Waals surface area contributed by atoms with Gasteiger partial charge in [0, 0.05) is 12.1 Å². The molecule has 0 aliphatic rings. The molecule has 0 radical (unpaired) electrons. The number of aromatic nitrogens is 1. The van der Waals surface area contributed by atoms with Crippen molar-refractivity contribution < 1.29 is 23.1 Å². The maximum atomic E-state index is 11.8. The Bertz CT molecular complexity index is 331. The third-order valence-corrected chi connectivity index (χ3v) is 1.60. The molecular weight excluding hydrogens is 245 g/mol. The third kappa shape index (κ3) is 5.65. The summed E-state index contributed by atoms with van der Waals surface area (Å²) in [5.41, 5.74) is 0. The molecule has 1 rings (SSSR count). The number of anilines is 1. The minimum Gasteiger partial charge on any atom is -0.350 e. The smallest absolute Gasteiger partial charge is 0.350 e. The van der Waals surface area contributed by atoms with E-state index in [1.54, 1.807) is 0 Å². The summed E-state index contributed by atoms with van der Waals surface area (Å²) < 4.78 is 35.9. The molecule has 2 N–H and O–H groups in total. The highest BCUT2D eigenvalue weighted by molar-refractivity contribution is 6.30. The van der Waals surface area contributed by atoms with Crippen LogP contribution < -0.4 is 10.0 Å². The van der Waals surface area contributed by atoms with Crippen LogP contribution in [0, 0.1) is 0 Å². The number of rotatable bonds is 2. The predicted molar refractivity (Wildman–Crippen MR) is 54.7 cm³/mol. The topological polar surface area (TPSA) is 36.1 Å². The number of nitrogens with one attached hydrogen (secondary N) is 1. The number of halogens is 4. The van der Waals surface area contributed by atoms with Crippen LogP contribution >= 0.6 is 11.6 Å². The van der Waals surface area contributed by atoms with Crippen molar-refractivity contribution in [3.05, 3.63) is 23.4 Å². The summed E-state index contributed by atoms with van der Waals surface area (Å²) in [7, 11) is 0. The number of hydrogen-bond acceptors (Lipinski definition) is 2. The zero-order chi connectivity index (χ0) is 12.8. The molecule has 0 saturated heterocycles. The van der Waals surface area contributed by atoms with Crippen LogP contribution in [-0.4, -0.2) is 17.9 Å². The van der Waals surface area contributed by atoms with Crippen LogP contribution in [0.2, 0.25) is 5.02 Å². The van der Waals surface area contributed by atoms with E-state index in [9.17, 15) is 13.2 Å². The molecule has 0 atom stereocenters. The molecule has 7 heteroatoms. The highest BCUT2D eigenvalue weighted by Crippen LogP contribution is 2.16. The van der Waals surface area contributed by atoms with E-state index in [1.807, 2.05) is 19.2 Å². The van der Waals surface area contributed by atoms with E-state index in [-0.39, 0.29) is 10.8 Å². The molecule has 0 bridgehead atoms. The Morgan fingerprint density at radius 2 is 2.00 bits per heavy atom. The molecule has 1 aromatic heterocycles. The predicted octanol–water partition coefficient (Wildman–Crippen LogP) is 2.87. The highest BCUT2D eigenvalue weighted by Gasteiger charge is 2.30. The van der Waals surface area contributed by atoms with Gasteiger partial charge in [-0.25, -0.2) is 0 Å². The fourth-order valence-electron chi connectivity index (χ4n) is 0.790. The van der Waals surface area contributed by atoms with E-state index < -0.39 is 12.7 Å². The highest BCUT2D eigenvalue weighted by atomic mass is 35.5. The first-order valence-electron chi connectivity index (χ1n) is 4.59. The van der Waals surface area contributed by atoms with E-state index in [1.165, 1.54) is 12.1 Å². The summed E-state index contributed by atoms with van der Waals surface area (Å²) in [5, 5.41) is 11.3. The van der Waals surface area contributed by atoms with Gasteiger partial charge in [-0.3, -0.25) is 5.32 Å². The van der Waals surface area contributed by atoms with Crippen molar-refractivity contribution in [3.63, 3.8) is 0 Å². The minimum absolute atomic E-state index is 0.116. The van der Waals surface area contributed by atoms with Gasteiger partial charge in [0.15, 0.2) is 6.54 Å². The van der Waals surface area contributed by atoms with Gasteiger partial charge in [-0.2, -0.15) is 13.2 Å². The lowest BCUT2D eigenvalue weighted by atomic mass is 10.4. The van der Waals surface area contributed by atoms with Crippen LogP contribution in [-0.2, 0) is 0 Å². The first-order valence-corrected chi connectivity index (χ1v) is 4.97. The molecule has 3 nitrogen and oxygen atoms in total. The van der Waals surface area contributed by atoms with Crippen LogP contribution in [0.5, 0.6) is 0 Å². The molecule has 0 aromatic carbocycles. The lowest BCUT2D eigenvalue weighted by Crippen LogP contribution is -2.36. The van der Waals surface area contributed by atoms with Gasteiger partial charge in [0.1, 0.15) is 6.20 Å². The average Bonchev–Trinajstić information content (AvgIpc) is 2.21. The number of pyridine rings is 1. The Balaban J connectivity index is 0.00000106. The maximum absolute atomic E-state index is 11.8. The summed E-state index contributed by atoms with van der Waals surface area (Å²) in [4.78, 5) is 0. The van der Waals surface area contributed by atoms with E-state index >= 15 is 0 Å². The van der Waals surface area contributed by atoms with Crippen LogP contribution in [0.4, 0.5) is 19.0 Å². The molecule has 1 heterocycles. The van der Waals surface area contributed by atoms with Crippen molar-refractivity contribution in [1.29, 1.82) is 0 Å². The van der Waals surface area contributed by atoms with E-state index in [2.05, 4.69) is 0 Å². The van der Waals surface area contributed by atoms with Gasteiger partial charge in [0.25, 0.3) is 0 Å². The third-order valence-electron chi connectivity index (χ3n) is 1.37. The Morgan fingerprint density at radius 3 is 2.50 bits per heavy atom. The van der Waals surface area contributed by atoms with Crippen molar-refractivity contribution in [2.45, 2.75) is 20.0 Å². The summed E-state index contributed by atoms with van der Waals surface area (Å²) in [5.74, 6) is -0.116. The van der Waals surface area contributed by atoms with Gasteiger partial charge in [0.05, 0.1) is 5.02 Å². The van der Waals surface area contributed by atoms with Crippen molar-refractivity contribution in [3.8, 4) is 0 Å². The molecule has 0 saturated carbocycles. The Labute approximate surface area is 96.4 Å². The average molecular weight is 258 g/mol. The number of hydrogen-bond donors (Lipinski definition) is 2. The number of alkyl halides is 3. The van der Waals surface area contributed by atoms with Gasteiger partial charge in [-0.1, -0.05) is 30.2 Å². The van der Waals surface area contributed by atoms with E-state index in [0.717, 1.165) is 6.20 Å². The molecule has 0 aliphatic heterocycles. The summed E-state index contributed by atoms with van der Waals surface area (Å²) >= 11 is 5.52. The summed E-state index contributed by atoms with van der Waals surface area (Å²) in [6, 6.07) is 2.54. The lowest BCUT2D eigenvalue weighted by molar-refractivity contribution is -0.893. The zero-order valence-corrected chi connectivity index (χ0v) is 9.60. The van der Waals surface area contributed by atoms with Crippen LogP contribution in [0.15, 0.2) is 18.3 Å². The Morgan fingerprint density at radius 1 is 1.44 bits per heavy atom. The van der Waals surface area contributed by atoms with Crippen LogP contribution in [0.25, 0.3) is 0 Å². The Kier molecular flexibility index (Phi) is 5.95. The van der Waals surface area contributed by atoms with Gasteiger partial charge in [0.2, 0.25) is 0 Å². The van der Waals surface area contributed by atoms with Crippen LogP contribution in [0.3, 0.4) is 0 Å². The fourth-order valence-corrected chi connectivity index (χ4v) is 0.949. The van der Waals surface area contributed by atoms with Crippen molar-refractivity contribution >= 4 is 17.4 Å². The summed E-state index contributed by atoms with van der Waals surface area (Å²) in [6.07, 6.45) is -3.20. The maximum Gasteiger partial charge on any atom is 0.425 e. The lowest BCUT2D eigenvalue weighted by Gasteiger charge is -2.04. The monoisotopic (exact) mass is 257 g/mol. The molecule has 16 heavy (non-hydrogen) atoms. The molecular formula is C9H13ClF3N2O+. The summed E-state index contributed by atoms with van der Waals surface area (Å²) in [6.45, 7) is 2.77. The standard InChI is InChI=1S/C7H6ClF3N2O.C2H6/c8-5-1-2-13(14)6(3-5)12-4-7(9,10)11;1-2/h1-3,14H,4H2;1-2H3/p+1. The zero-order valence-electron chi connectivity index (χ0n) is 8.85. The molecule has 1 aromatic rings. The SMILES string of the molecule is CC.O[n+]1ccc(Cl)cc1NCC(F)(F)F. The molecule has 0 spiro atoms. The minimum atomic E-state index is -4.34. The molecule has 0 fully saturated rings. The molecule has 0 aliphatic carbocycles. The van der Waals surface area contributed by atoms with Gasteiger partial charge >= 0.3 is 12.0 Å². The second-order valence-electron chi connectivity index (χ2n) is 2.54. The quantitative estimate of drug-likeness (QED) is 0.631. The van der Waals surface area contributed by atoms with Gasteiger partial charge < -0.3 is 5.21 Å². The first kappa shape index (κ1) is 14.8. The van der Waals surface area contributed by atoms with Gasteiger partial charge in [-0.05, 0) is 0 Å². The van der Waals surface area contributed by atoms with E-state index in [0.29, 0.717) is 4.73 Å². The molecule has 0 amide bonds. The van der Waals surface area contributed by atoms with Crippen molar-refractivity contribution in [1.82, 2.24) is 0 Å². The van der Waals surface area contributed by atoms with Gasteiger partial charge in [-0.15, -0.1) is 0 Å². The second-order valence-corrected chi connectivity index (χ2v) is 2.98. The molecule has 0 unspecified atom stereocenters. The Hall–Kier alpha value is -1.17. The van der Waals surface area contributed by atoms with Crippen LogP contribution in [0.1, 0.15) is 13.8 Å². The van der Waals surface area contributed by atoms with E-state index in [4.69, 9.17) is 16.8 Å². The fraction of sp³-hybridized carbons (Fsp3) is 0.444. The second kappa shape index (κ2) is 6.42. The van der Waals surface area contributed by atoms with Crippen molar-refractivity contribution in [2.75, 3.05) is 11.9 Å².